The van der Waals surface area contributed by atoms with Gasteiger partial charge in [-0.2, -0.15) is 18.2 Å². The fourth-order valence-corrected chi connectivity index (χ4v) is 20.5. The van der Waals surface area contributed by atoms with Crippen molar-refractivity contribution in [3.8, 4) is 62.1 Å². The Kier molecular flexibility index (Phi) is 10.2. The van der Waals surface area contributed by atoms with Crippen LogP contribution in [0.1, 0.15) is 105 Å². The average molecular weight is 1620 g/mol. The zero-order chi connectivity index (χ0) is 104. The largest absolute Gasteiger partial charge is 0.510 e. The molecular weight excluding hydrogens is 1500 g/mol. The maximum absolute atomic E-state index is 11.4. The monoisotopic (exact) mass is 1620 g/mol. The number of fused-ring (bicyclic) bond motifs is 4. The summed E-state index contributed by atoms with van der Waals surface area (Å²) in [4.78, 5) is 4.84. The quantitative estimate of drug-likeness (QED) is 0.0418. The van der Waals surface area contributed by atoms with Crippen molar-refractivity contribution >= 4 is 90.5 Å². The zero-order valence-electron chi connectivity index (χ0n) is 95.2. The molecule has 5 nitrogen and oxygen atoms in total. The van der Waals surface area contributed by atoms with Gasteiger partial charge in [-0.25, -0.2) is 4.98 Å². The molecule has 516 valence electrons. The number of hydrogen-bond acceptors (Lipinski definition) is 2. The third-order valence-electron chi connectivity index (χ3n) is 18.4. The first-order valence-corrected chi connectivity index (χ1v) is 37.1. The van der Waals surface area contributed by atoms with Gasteiger partial charge < -0.3 is 13.9 Å². The summed E-state index contributed by atoms with van der Waals surface area (Å²) in [5.41, 5.74) is -0.432. The zero-order valence-corrected chi connectivity index (χ0v) is 61.5. The van der Waals surface area contributed by atoms with Crippen molar-refractivity contribution in [1.82, 2.24) is 14.1 Å². The molecule has 0 atom stereocenters. The molecule has 0 saturated heterocycles. The van der Waals surface area contributed by atoms with Gasteiger partial charge in [0.15, 0.2) is 16.1 Å². The van der Waals surface area contributed by atoms with Gasteiger partial charge in [0, 0.05) is 44.3 Å². The van der Waals surface area contributed by atoms with Gasteiger partial charge in [0.1, 0.15) is 5.82 Å². The van der Waals surface area contributed by atoms with Crippen LogP contribution in [0.25, 0.3) is 83.4 Å². The summed E-state index contributed by atoms with van der Waals surface area (Å²) >= 11 is 0. The predicted octanol–water partition coefficient (Wildman–Crippen LogP) is 17.9. The summed E-state index contributed by atoms with van der Waals surface area (Å²) in [6, 6.07) is -6.85. The molecule has 0 spiro atoms. The van der Waals surface area contributed by atoms with Crippen LogP contribution < -0.4 is 50.8 Å². The summed E-state index contributed by atoms with van der Waals surface area (Å²) in [6.45, 7) is 12.3. The van der Waals surface area contributed by atoms with Gasteiger partial charge in [0.05, 0.1) is 68.8 Å². The standard InChI is InChI=1S/C98H78N4OSi2.Pt/c1-97(2,3)74-56-53-70(54-57-74)71-55-60-92-94(65-71)100(76-33-29-34-77(67-76)103-78-58-59-90-89-49-25-26-52-91(89)102(93(90)68-78)95-66-75(61-62-99-95)98(4,5)6)69-101(92)96-87(72-31-27-47-85(63-72)104(79-35-13-7-14-36-79,80-37-15-8-16-38-80)81-39-17-9-18-40-81)50-30-51-88(96)73-32-28-48-86(64-73)105(82-41-19-10-20-42-82,83-43-21-11-22-44-83)84-45-23-12-24-46-84;/h7-66H,1-6H3;/q-2;/i7D,8D,9D,10D,11D,12D,13D,14D,15D,16D,17D,18D,19D,20D,21D,22D,23D,24D,27D,28D,31D,32D,35D,36D,37D,38D,39D,40D,41D,42D,43D,44D,45D,46D,47D,48D,63D,64D;. The second-order valence-electron chi connectivity index (χ2n) is 26.6. The number of para-hydroxylation sites is 2. The number of imidazole rings is 1. The SMILES string of the molecule is [2H]c1c([2H])c([2H])c([Si](c2c([2H])c([2H])c([2H])c([2H])c2[2H])(c2c([2H])c([2H])c([2H])c([2H])c2[2H])c2c([2H])c([2H])c([2H])c(-c3cccc(-c4c([2H])c([2H])c([2H])c([Si](c5c([2H])c([2H])c([2H])c([2H])c5[2H])(c5c([2H])c([2H])c([2H])c([2H])c5[2H])c5c([2H])c([2H])c([2H])c([2H])c5[2H])c4[2H])c3-[n+]3[c-]n(-c4[c-]c(Oc5[c-]c6c(cc5)c5ccccc5n6-c5cc(C(C)(C)C)ccn5)ccc4)c4cc(-c5ccc(C(C)(C)C)cc5)ccc43)c2[2H])c([2H])c1[2H].[Pt]. The van der Waals surface area contributed by atoms with Crippen molar-refractivity contribution in [2.45, 2.75) is 52.4 Å². The maximum Gasteiger partial charge on any atom is 0.268 e. The molecule has 0 fully saturated rings. The molecule has 8 heteroatoms. The Bertz CT molecular complexity index is 7660. The molecule has 0 aliphatic carbocycles. The Morgan fingerprint density at radius 1 is 0.396 bits per heavy atom. The van der Waals surface area contributed by atoms with Crippen LogP contribution in [-0.4, -0.2) is 30.3 Å². The van der Waals surface area contributed by atoms with E-state index in [1.54, 1.807) is 42.6 Å². The summed E-state index contributed by atoms with van der Waals surface area (Å²) in [7, 11) is -13.5. The van der Waals surface area contributed by atoms with Crippen LogP contribution in [0.4, 0.5) is 0 Å². The van der Waals surface area contributed by atoms with E-state index in [4.69, 9.17) is 17.9 Å². The molecule has 0 unspecified atom stereocenters. The van der Waals surface area contributed by atoms with Crippen molar-refractivity contribution in [3.63, 3.8) is 0 Å². The maximum atomic E-state index is 11.4. The van der Waals surface area contributed by atoms with E-state index in [-0.39, 0.29) is 60.1 Å². The van der Waals surface area contributed by atoms with Crippen LogP contribution in [0.2, 0.25) is 0 Å². The molecule has 3 aromatic heterocycles. The smallest absolute Gasteiger partial charge is 0.268 e. The summed E-state index contributed by atoms with van der Waals surface area (Å²) in [5, 5.41) is -8.29. The number of hydrogen-bond donors (Lipinski definition) is 0. The summed E-state index contributed by atoms with van der Waals surface area (Å²) in [6.07, 6.45) is 5.09. The first-order valence-electron chi connectivity index (χ1n) is 52.1. The molecule has 0 amide bonds. The molecule has 17 aromatic rings. The molecule has 0 aliphatic heterocycles. The Labute approximate surface area is 691 Å². The van der Waals surface area contributed by atoms with Crippen LogP contribution >= 0.6 is 0 Å². The predicted molar refractivity (Wildman–Crippen MR) is 441 cm³/mol. The van der Waals surface area contributed by atoms with E-state index >= 15 is 0 Å². The van der Waals surface area contributed by atoms with E-state index in [2.05, 4.69) is 39.2 Å². The Morgan fingerprint density at radius 2 is 0.868 bits per heavy atom. The fourth-order valence-electron chi connectivity index (χ4n) is 13.4. The summed E-state index contributed by atoms with van der Waals surface area (Å²) < 4.78 is 384. The Balaban J connectivity index is 0.0000149. The molecule has 0 saturated carbocycles. The number of benzene rings is 14. The minimum Gasteiger partial charge on any atom is -0.510 e. The van der Waals surface area contributed by atoms with Gasteiger partial charge in [-0.15, -0.1) is 29.7 Å². The first kappa shape index (κ1) is 37.9. The van der Waals surface area contributed by atoms with Gasteiger partial charge in [-0.05, 0) is 132 Å². The molecule has 14 aromatic carbocycles. The van der Waals surface area contributed by atoms with Gasteiger partial charge in [-0.1, -0.05) is 349 Å². The van der Waals surface area contributed by atoms with E-state index in [1.165, 1.54) is 15.2 Å². The number of aromatic nitrogens is 4. The van der Waals surface area contributed by atoms with Crippen LogP contribution in [0.15, 0.2) is 363 Å². The van der Waals surface area contributed by atoms with E-state index in [0.717, 1.165) is 45.6 Å². The second-order valence-corrected chi connectivity index (χ2v) is 33.6. The van der Waals surface area contributed by atoms with Crippen molar-refractivity contribution in [2.24, 2.45) is 0 Å². The summed E-state index contributed by atoms with van der Waals surface area (Å²) in [5.74, 6) is 0.727. The third kappa shape index (κ3) is 12.4. The Hall–Kier alpha value is -11.6. The molecule has 3 heterocycles. The normalized spacial score (nSPS) is 17.0. The minimum atomic E-state index is -6.77. The molecular formula is C98H78N4OPtSi2-2. The van der Waals surface area contributed by atoms with E-state index < -0.39 is 315 Å². The number of nitrogens with zero attached hydrogens (tertiary/aromatic N) is 4. The van der Waals surface area contributed by atoms with Crippen molar-refractivity contribution in [3.05, 3.63) is 393 Å². The number of rotatable bonds is 16. The van der Waals surface area contributed by atoms with Crippen LogP contribution in [0.3, 0.4) is 0 Å². The average Bonchev–Trinajstić information content (AvgIpc) is 0.840. The Morgan fingerprint density at radius 3 is 1.38 bits per heavy atom. The van der Waals surface area contributed by atoms with Crippen molar-refractivity contribution in [2.75, 3.05) is 0 Å². The molecule has 0 bridgehead atoms. The second kappa shape index (κ2) is 28.5. The third-order valence-corrected chi connectivity index (χ3v) is 26.4. The van der Waals surface area contributed by atoms with Crippen LogP contribution in [0, 0.1) is 18.5 Å². The topological polar surface area (TPSA) is 35.9 Å². The van der Waals surface area contributed by atoms with Gasteiger partial charge in [-0.3, -0.25) is 4.57 Å². The van der Waals surface area contributed by atoms with Gasteiger partial charge >= 0.3 is 0 Å². The van der Waals surface area contributed by atoms with Crippen molar-refractivity contribution < 1.29 is 82.5 Å². The van der Waals surface area contributed by atoms with E-state index in [0.29, 0.717) is 22.5 Å². The first-order chi connectivity index (χ1) is 67.1. The molecule has 0 N–H and O–H groups in total. The van der Waals surface area contributed by atoms with Crippen molar-refractivity contribution in [1.29, 1.82) is 0 Å². The van der Waals surface area contributed by atoms with Gasteiger partial charge in [0.25, 0.3) is 6.33 Å². The van der Waals surface area contributed by atoms with E-state index in [9.17, 15) is 43.9 Å². The van der Waals surface area contributed by atoms with E-state index in [1.807, 2.05) is 92.1 Å². The molecule has 0 aliphatic rings. The number of pyridine rings is 1. The van der Waals surface area contributed by atoms with Gasteiger partial charge in [0.2, 0.25) is 0 Å². The fraction of sp³-hybridized carbons (Fsp3) is 0.0816. The molecule has 106 heavy (non-hydrogen) atoms. The van der Waals surface area contributed by atoms with Crippen LogP contribution in [-0.2, 0) is 31.9 Å². The molecule has 0 radical (unpaired) electrons. The molecule has 17 rings (SSSR count). The minimum absolute atomic E-state index is 0. The number of ether oxygens (including phenoxy) is 1. The van der Waals surface area contributed by atoms with Crippen LogP contribution in [0.5, 0.6) is 11.5 Å².